The number of nitrogens with zero attached hydrogens (tertiary/aromatic N) is 2. The molecule has 0 unspecified atom stereocenters. The van der Waals surface area contributed by atoms with Gasteiger partial charge in [-0.15, -0.1) is 0 Å². The first-order valence-corrected chi connectivity index (χ1v) is 17.8. The van der Waals surface area contributed by atoms with E-state index >= 15 is 0 Å². The molecule has 1 aliphatic carbocycles. The minimum atomic E-state index is 0.132. The Morgan fingerprint density at radius 2 is 0.820 bits per heavy atom. The number of hydrogen-bond donors (Lipinski definition) is 0. The van der Waals surface area contributed by atoms with E-state index in [2.05, 4.69) is 207 Å². The molecule has 0 fully saturated rings. The van der Waals surface area contributed by atoms with Gasteiger partial charge in [0.2, 0.25) is 0 Å². The molecule has 0 atom stereocenters. The van der Waals surface area contributed by atoms with Crippen LogP contribution in [0.3, 0.4) is 0 Å². The van der Waals surface area contributed by atoms with Gasteiger partial charge < -0.3 is 9.80 Å². The fraction of sp³-hybridized carbons (Fsp3) is 0.167. The van der Waals surface area contributed by atoms with E-state index in [1.54, 1.807) is 0 Å². The Labute approximate surface area is 297 Å². The summed E-state index contributed by atoms with van der Waals surface area (Å²) in [5.74, 6) is 0. The van der Waals surface area contributed by atoms with Gasteiger partial charge in [-0.3, -0.25) is 0 Å². The average molecular weight is 649 g/mol. The zero-order valence-corrected chi connectivity index (χ0v) is 29.5. The first-order valence-electron chi connectivity index (χ1n) is 17.8. The third kappa shape index (κ3) is 5.96. The highest BCUT2D eigenvalue weighted by atomic mass is 15.1. The molecule has 1 aliphatic rings. The van der Waals surface area contributed by atoms with Crippen molar-refractivity contribution in [3.05, 3.63) is 181 Å². The van der Waals surface area contributed by atoms with Crippen LogP contribution in [0, 0.1) is 0 Å². The third-order valence-corrected chi connectivity index (χ3v) is 10.7. The molecule has 50 heavy (non-hydrogen) atoms. The average Bonchev–Trinajstić information content (AvgIpc) is 3.15. The number of fused-ring (bicyclic) bond motifs is 2. The van der Waals surface area contributed by atoms with Gasteiger partial charge in [-0.1, -0.05) is 125 Å². The molecular formula is C48H44N2. The number of para-hydroxylation sites is 2. The van der Waals surface area contributed by atoms with E-state index in [1.165, 1.54) is 51.6 Å². The molecule has 246 valence electrons. The van der Waals surface area contributed by atoms with Crippen molar-refractivity contribution in [2.75, 3.05) is 9.80 Å². The van der Waals surface area contributed by atoms with Gasteiger partial charge in [-0.05, 0) is 129 Å². The van der Waals surface area contributed by atoms with E-state index in [-0.39, 0.29) is 10.8 Å². The van der Waals surface area contributed by atoms with Gasteiger partial charge in [-0.2, -0.15) is 0 Å². The van der Waals surface area contributed by atoms with Crippen LogP contribution in [0.2, 0.25) is 0 Å². The van der Waals surface area contributed by atoms with Crippen LogP contribution in [0.15, 0.2) is 170 Å². The van der Waals surface area contributed by atoms with E-state index in [4.69, 9.17) is 0 Å². The summed E-state index contributed by atoms with van der Waals surface area (Å²) in [6, 6.07) is 61.8. The fourth-order valence-corrected chi connectivity index (χ4v) is 7.71. The van der Waals surface area contributed by atoms with Crippen molar-refractivity contribution < 1.29 is 0 Å². The van der Waals surface area contributed by atoms with E-state index in [0.717, 1.165) is 28.4 Å². The standard InChI is InChI=1S/C48H44N2/c1-47(2)30-31-48(3,4)46-34-44(28-29-45(46)47)50(40-19-9-6-10-20-40)42-21-13-16-38(32-42)36-22-25-41(26-23-36)49(39-17-7-5-8-18-39)43-27-24-35-14-11-12-15-37(35)33-43/h5-29,32-34H,30-31H2,1-4H3. The summed E-state index contributed by atoms with van der Waals surface area (Å²) in [6.45, 7) is 9.60. The number of hydrogen-bond acceptors (Lipinski definition) is 2. The Morgan fingerprint density at radius 3 is 1.50 bits per heavy atom. The molecule has 0 aliphatic heterocycles. The van der Waals surface area contributed by atoms with Crippen LogP contribution in [0.5, 0.6) is 0 Å². The topological polar surface area (TPSA) is 6.48 Å². The Bertz CT molecular complexity index is 2270. The van der Waals surface area contributed by atoms with Crippen molar-refractivity contribution in [3.8, 4) is 11.1 Å². The van der Waals surface area contributed by atoms with E-state index < -0.39 is 0 Å². The molecule has 0 spiro atoms. The molecule has 0 bridgehead atoms. The molecule has 8 rings (SSSR count). The van der Waals surface area contributed by atoms with Crippen molar-refractivity contribution in [2.24, 2.45) is 0 Å². The lowest BCUT2D eigenvalue weighted by molar-refractivity contribution is 0.332. The molecule has 2 nitrogen and oxygen atoms in total. The molecule has 0 N–H and O–H groups in total. The predicted octanol–water partition coefficient (Wildman–Crippen LogP) is 13.8. The van der Waals surface area contributed by atoms with Crippen LogP contribution in [-0.4, -0.2) is 0 Å². The number of anilines is 6. The van der Waals surface area contributed by atoms with Crippen LogP contribution >= 0.6 is 0 Å². The first kappa shape index (κ1) is 31.7. The molecule has 7 aromatic carbocycles. The first-order chi connectivity index (χ1) is 24.3. The second kappa shape index (κ2) is 12.7. The summed E-state index contributed by atoms with van der Waals surface area (Å²) >= 11 is 0. The van der Waals surface area contributed by atoms with Crippen LogP contribution < -0.4 is 9.80 Å². The quantitative estimate of drug-likeness (QED) is 0.170. The van der Waals surface area contributed by atoms with Gasteiger partial charge in [0.1, 0.15) is 0 Å². The summed E-state index contributed by atoms with van der Waals surface area (Å²) in [5.41, 5.74) is 12.5. The summed E-state index contributed by atoms with van der Waals surface area (Å²) in [5, 5.41) is 2.47. The third-order valence-electron chi connectivity index (χ3n) is 10.7. The molecule has 0 saturated carbocycles. The summed E-state index contributed by atoms with van der Waals surface area (Å²) in [6.07, 6.45) is 2.40. The Kier molecular flexibility index (Phi) is 8.04. The second-order valence-electron chi connectivity index (χ2n) is 15.0. The molecule has 0 radical (unpaired) electrons. The van der Waals surface area contributed by atoms with Gasteiger partial charge in [0.25, 0.3) is 0 Å². The maximum absolute atomic E-state index is 2.45. The van der Waals surface area contributed by atoms with Crippen molar-refractivity contribution in [2.45, 2.75) is 51.4 Å². The second-order valence-corrected chi connectivity index (χ2v) is 15.0. The molecule has 7 aromatic rings. The predicted molar refractivity (Wildman–Crippen MR) is 214 cm³/mol. The highest BCUT2D eigenvalue weighted by Crippen LogP contribution is 2.48. The molecule has 0 heterocycles. The lowest BCUT2D eigenvalue weighted by Gasteiger charge is -2.42. The minimum absolute atomic E-state index is 0.132. The number of rotatable bonds is 7. The van der Waals surface area contributed by atoms with Crippen molar-refractivity contribution in [1.82, 2.24) is 0 Å². The molecular weight excluding hydrogens is 605 g/mol. The van der Waals surface area contributed by atoms with Gasteiger partial charge >= 0.3 is 0 Å². The maximum atomic E-state index is 2.45. The zero-order valence-electron chi connectivity index (χ0n) is 29.5. The summed E-state index contributed by atoms with van der Waals surface area (Å²) < 4.78 is 0. The largest absolute Gasteiger partial charge is 0.310 e. The lowest BCUT2D eigenvalue weighted by atomic mass is 9.63. The normalized spacial score (nSPS) is 14.6. The monoisotopic (exact) mass is 648 g/mol. The highest BCUT2D eigenvalue weighted by molar-refractivity contribution is 5.89. The Morgan fingerprint density at radius 1 is 0.340 bits per heavy atom. The lowest BCUT2D eigenvalue weighted by Crippen LogP contribution is -2.34. The molecule has 0 saturated heterocycles. The highest BCUT2D eigenvalue weighted by Gasteiger charge is 2.37. The van der Waals surface area contributed by atoms with Gasteiger partial charge in [0, 0.05) is 34.1 Å². The van der Waals surface area contributed by atoms with Crippen molar-refractivity contribution >= 4 is 44.9 Å². The zero-order chi connectivity index (χ0) is 34.3. The minimum Gasteiger partial charge on any atom is -0.310 e. The smallest absolute Gasteiger partial charge is 0.0468 e. The van der Waals surface area contributed by atoms with E-state index in [1.807, 2.05) is 0 Å². The molecule has 2 heteroatoms. The van der Waals surface area contributed by atoms with Crippen LogP contribution in [0.4, 0.5) is 34.1 Å². The van der Waals surface area contributed by atoms with Crippen molar-refractivity contribution in [1.29, 1.82) is 0 Å². The molecule has 0 amide bonds. The van der Waals surface area contributed by atoms with Crippen LogP contribution in [0.25, 0.3) is 21.9 Å². The summed E-state index contributed by atoms with van der Waals surface area (Å²) in [4.78, 5) is 4.75. The van der Waals surface area contributed by atoms with E-state index in [9.17, 15) is 0 Å². The Balaban J connectivity index is 1.18. The van der Waals surface area contributed by atoms with Gasteiger partial charge in [0.05, 0.1) is 0 Å². The van der Waals surface area contributed by atoms with Crippen LogP contribution in [0.1, 0.15) is 51.7 Å². The van der Waals surface area contributed by atoms with E-state index in [0.29, 0.717) is 0 Å². The Hall–Kier alpha value is -5.60. The maximum Gasteiger partial charge on any atom is 0.0468 e. The fourth-order valence-electron chi connectivity index (χ4n) is 7.71. The van der Waals surface area contributed by atoms with Crippen molar-refractivity contribution in [3.63, 3.8) is 0 Å². The summed E-state index contributed by atoms with van der Waals surface area (Å²) in [7, 11) is 0. The molecule has 0 aromatic heterocycles. The van der Waals surface area contributed by atoms with Gasteiger partial charge in [-0.25, -0.2) is 0 Å². The van der Waals surface area contributed by atoms with Gasteiger partial charge in [0.15, 0.2) is 0 Å². The van der Waals surface area contributed by atoms with Crippen LogP contribution in [-0.2, 0) is 10.8 Å². The SMILES string of the molecule is CC1(C)CCC(C)(C)c2cc(N(c3ccccc3)c3cccc(-c4ccc(N(c5ccccc5)c5ccc6ccccc6c5)cc4)c3)ccc21. The number of benzene rings is 7.